The number of hydrogen-bond donors (Lipinski definition) is 0. The molecule has 0 amide bonds. The van der Waals surface area contributed by atoms with Crippen molar-refractivity contribution in [2.24, 2.45) is 0 Å². The van der Waals surface area contributed by atoms with Crippen LogP contribution < -0.4 is 4.74 Å². The number of fused-ring (bicyclic) bond motifs is 1. The number of aryl methyl sites for hydroxylation is 2. The second-order valence-electron chi connectivity index (χ2n) is 5.10. The Morgan fingerprint density at radius 3 is 2.43 bits per heavy atom. The van der Waals surface area contributed by atoms with Crippen molar-refractivity contribution in [1.82, 2.24) is 0 Å². The molecular formula is C19H17ClO. The van der Waals surface area contributed by atoms with Gasteiger partial charge >= 0.3 is 0 Å². The molecule has 2 heteroatoms. The summed E-state index contributed by atoms with van der Waals surface area (Å²) in [6.07, 6.45) is 1.97. The SMILES string of the molecule is COc1ccc(CCc2cccc(Cl)c2)c2ccccc12. The molecule has 0 saturated heterocycles. The van der Waals surface area contributed by atoms with Gasteiger partial charge in [0.25, 0.3) is 0 Å². The molecule has 3 rings (SSSR count). The third kappa shape index (κ3) is 3.03. The van der Waals surface area contributed by atoms with E-state index in [1.54, 1.807) is 7.11 Å². The second kappa shape index (κ2) is 6.19. The Hall–Kier alpha value is -1.99. The molecule has 0 atom stereocenters. The Labute approximate surface area is 130 Å². The molecule has 0 aliphatic heterocycles. The van der Waals surface area contributed by atoms with Crippen LogP contribution in [0.5, 0.6) is 5.75 Å². The van der Waals surface area contributed by atoms with E-state index in [-0.39, 0.29) is 0 Å². The maximum atomic E-state index is 6.04. The largest absolute Gasteiger partial charge is 0.496 e. The zero-order chi connectivity index (χ0) is 14.7. The van der Waals surface area contributed by atoms with Gasteiger partial charge in [0.1, 0.15) is 5.75 Å². The van der Waals surface area contributed by atoms with Gasteiger partial charge in [0.05, 0.1) is 7.11 Å². The lowest BCUT2D eigenvalue weighted by Crippen LogP contribution is -1.94. The summed E-state index contributed by atoms with van der Waals surface area (Å²) in [5, 5.41) is 3.23. The van der Waals surface area contributed by atoms with E-state index >= 15 is 0 Å². The summed E-state index contributed by atoms with van der Waals surface area (Å²) in [5.41, 5.74) is 2.61. The summed E-state index contributed by atoms with van der Waals surface area (Å²) >= 11 is 6.04. The fourth-order valence-electron chi connectivity index (χ4n) is 2.70. The predicted molar refractivity (Wildman–Crippen MR) is 89.4 cm³/mol. The zero-order valence-electron chi connectivity index (χ0n) is 12.0. The molecule has 0 unspecified atom stereocenters. The Bertz CT molecular complexity index is 764. The van der Waals surface area contributed by atoms with Crippen molar-refractivity contribution in [1.29, 1.82) is 0 Å². The Morgan fingerprint density at radius 1 is 0.857 bits per heavy atom. The van der Waals surface area contributed by atoms with Gasteiger partial charge in [-0.2, -0.15) is 0 Å². The van der Waals surface area contributed by atoms with Gasteiger partial charge in [0, 0.05) is 10.4 Å². The lowest BCUT2D eigenvalue weighted by Gasteiger charge is -2.10. The van der Waals surface area contributed by atoms with E-state index in [2.05, 4.69) is 36.4 Å². The van der Waals surface area contributed by atoms with Crippen LogP contribution in [0.4, 0.5) is 0 Å². The van der Waals surface area contributed by atoms with Gasteiger partial charge in [-0.1, -0.05) is 54.1 Å². The first kappa shape index (κ1) is 14.0. The van der Waals surface area contributed by atoms with Crippen LogP contribution in [0.25, 0.3) is 10.8 Å². The average molecular weight is 297 g/mol. The van der Waals surface area contributed by atoms with E-state index in [0.717, 1.165) is 23.6 Å². The number of benzene rings is 3. The molecule has 1 nitrogen and oxygen atoms in total. The van der Waals surface area contributed by atoms with Crippen LogP contribution >= 0.6 is 11.6 Å². The molecule has 21 heavy (non-hydrogen) atoms. The third-order valence-electron chi connectivity index (χ3n) is 3.77. The predicted octanol–water partition coefficient (Wildman–Crippen LogP) is 5.29. The summed E-state index contributed by atoms with van der Waals surface area (Å²) in [7, 11) is 1.72. The molecule has 3 aromatic rings. The number of hydrogen-bond acceptors (Lipinski definition) is 1. The minimum Gasteiger partial charge on any atom is -0.496 e. The summed E-state index contributed by atoms with van der Waals surface area (Å²) in [5.74, 6) is 0.928. The summed E-state index contributed by atoms with van der Waals surface area (Å²) in [4.78, 5) is 0. The van der Waals surface area contributed by atoms with Crippen molar-refractivity contribution in [3.8, 4) is 5.75 Å². The average Bonchev–Trinajstić information content (AvgIpc) is 2.52. The maximum absolute atomic E-state index is 6.04. The molecule has 0 spiro atoms. The molecule has 0 heterocycles. The van der Waals surface area contributed by atoms with Crippen LogP contribution in [0, 0.1) is 0 Å². The smallest absolute Gasteiger partial charge is 0.126 e. The van der Waals surface area contributed by atoms with Crippen LogP contribution in [0.15, 0.2) is 60.7 Å². The van der Waals surface area contributed by atoms with Gasteiger partial charge in [-0.3, -0.25) is 0 Å². The molecule has 0 aromatic heterocycles. The molecule has 0 bridgehead atoms. The topological polar surface area (TPSA) is 9.23 Å². The van der Waals surface area contributed by atoms with Crippen molar-refractivity contribution in [2.75, 3.05) is 7.11 Å². The molecule has 3 aromatic carbocycles. The zero-order valence-corrected chi connectivity index (χ0v) is 12.7. The molecule has 106 valence electrons. The summed E-state index contributed by atoms with van der Waals surface area (Å²) < 4.78 is 5.44. The van der Waals surface area contributed by atoms with Gasteiger partial charge in [0.15, 0.2) is 0 Å². The van der Waals surface area contributed by atoms with Crippen LogP contribution in [-0.4, -0.2) is 7.11 Å². The highest BCUT2D eigenvalue weighted by Gasteiger charge is 2.06. The van der Waals surface area contributed by atoms with Crippen LogP contribution in [0.1, 0.15) is 11.1 Å². The fourth-order valence-corrected chi connectivity index (χ4v) is 2.91. The first-order valence-electron chi connectivity index (χ1n) is 7.07. The number of methoxy groups -OCH3 is 1. The normalized spacial score (nSPS) is 10.8. The lowest BCUT2D eigenvalue weighted by atomic mass is 9.98. The first-order valence-corrected chi connectivity index (χ1v) is 7.45. The standard InChI is InChI=1S/C19H17ClO/c1-21-19-12-11-15(17-7-2-3-8-18(17)19)10-9-14-5-4-6-16(20)13-14/h2-8,11-13H,9-10H2,1H3. The third-order valence-corrected chi connectivity index (χ3v) is 4.00. The van der Waals surface area contributed by atoms with Crippen LogP contribution in [0.2, 0.25) is 5.02 Å². The van der Waals surface area contributed by atoms with Crippen molar-refractivity contribution < 1.29 is 4.74 Å². The number of halogens is 1. The number of ether oxygens (including phenoxy) is 1. The van der Waals surface area contributed by atoms with Gasteiger partial charge < -0.3 is 4.74 Å². The highest BCUT2D eigenvalue weighted by atomic mass is 35.5. The molecule has 0 aliphatic rings. The van der Waals surface area contributed by atoms with Crippen molar-refractivity contribution in [3.05, 3.63) is 76.8 Å². The minimum atomic E-state index is 0.798. The monoisotopic (exact) mass is 296 g/mol. The highest BCUT2D eigenvalue weighted by molar-refractivity contribution is 6.30. The van der Waals surface area contributed by atoms with E-state index in [9.17, 15) is 0 Å². The maximum Gasteiger partial charge on any atom is 0.126 e. The number of rotatable bonds is 4. The van der Waals surface area contributed by atoms with E-state index in [4.69, 9.17) is 16.3 Å². The molecular weight excluding hydrogens is 280 g/mol. The van der Waals surface area contributed by atoms with E-state index in [1.165, 1.54) is 21.9 Å². The first-order chi connectivity index (χ1) is 10.3. The second-order valence-corrected chi connectivity index (χ2v) is 5.54. The Balaban J connectivity index is 1.91. The molecule has 0 aliphatic carbocycles. The molecule has 0 radical (unpaired) electrons. The van der Waals surface area contributed by atoms with Crippen LogP contribution in [-0.2, 0) is 12.8 Å². The summed E-state index contributed by atoms with van der Waals surface area (Å²) in [6, 6.07) is 20.7. The van der Waals surface area contributed by atoms with E-state index < -0.39 is 0 Å². The summed E-state index contributed by atoms with van der Waals surface area (Å²) in [6.45, 7) is 0. The minimum absolute atomic E-state index is 0.798. The van der Waals surface area contributed by atoms with Gasteiger partial charge in [-0.05, 0) is 47.6 Å². The molecule has 0 saturated carbocycles. The van der Waals surface area contributed by atoms with Crippen molar-refractivity contribution in [2.45, 2.75) is 12.8 Å². The van der Waals surface area contributed by atoms with Crippen molar-refractivity contribution >= 4 is 22.4 Å². The quantitative estimate of drug-likeness (QED) is 0.636. The van der Waals surface area contributed by atoms with Crippen molar-refractivity contribution in [3.63, 3.8) is 0 Å². The molecule has 0 fully saturated rings. The lowest BCUT2D eigenvalue weighted by molar-refractivity contribution is 0.419. The van der Waals surface area contributed by atoms with E-state index in [0.29, 0.717) is 0 Å². The Kier molecular flexibility index (Phi) is 4.12. The van der Waals surface area contributed by atoms with E-state index in [1.807, 2.05) is 24.3 Å². The van der Waals surface area contributed by atoms with Gasteiger partial charge in [-0.15, -0.1) is 0 Å². The Morgan fingerprint density at radius 2 is 1.67 bits per heavy atom. The van der Waals surface area contributed by atoms with Crippen LogP contribution in [0.3, 0.4) is 0 Å². The highest BCUT2D eigenvalue weighted by Crippen LogP contribution is 2.29. The van der Waals surface area contributed by atoms with Gasteiger partial charge in [0.2, 0.25) is 0 Å². The molecule has 0 N–H and O–H groups in total. The van der Waals surface area contributed by atoms with Gasteiger partial charge in [-0.25, -0.2) is 0 Å². The fraction of sp³-hybridized carbons (Fsp3) is 0.158.